The van der Waals surface area contributed by atoms with Crippen molar-refractivity contribution in [2.24, 2.45) is 0 Å². The van der Waals surface area contributed by atoms with Gasteiger partial charge < -0.3 is 40.1 Å². The van der Waals surface area contributed by atoms with Crippen LogP contribution >= 0.6 is 0 Å². The molecule has 2 unspecified atom stereocenters. The molecule has 4 aromatic carbocycles. The van der Waals surface area contributed by atoms with Crippen LogP contribution in [0.15, 0.2) is 97.1 Å². The second-order valence-electron chi connectivity index (χ2n) is 14.7. The highest BCUT2D eigenvalue weighted by molar-refractivity contribution is 5.95. The first-order valence-electron chi connectivity index (χ1n) is 20.2. The number of amides is 4. The number of ether oxygens (including phenoxy) is 2. The van der Waals surface area contributed by atoms with Crippen LogP contribution in [-0.4, -0.2) is 95.2 Å². The molecule has 4 aromatic rings. The minimum atomic E-state index is -0.178. The standard InChI is InChI=1S/2C23H28N2O4.4CH4/c1-2-3-11-24-22(27)16-29-15-20-12-17-7-4-5-8-19(17)14-25(20)23(28)18-9-6-10-21(26)13-18;1-2-3-12-24-22(27)16-29-15-20-13-18-6-4-5-7-19(18)14-25(20)23(28)17-8-10-21(26)11-9-17;;;;/h4-10,13,20,26H,2-3,11-12,14-16H2,1H3,(H,24,27);4-11,20,26H,2-3,12-16H2,1H3,(H,24,27);4*1H4. The average molecular weight is 857 g/mol. The van der Waals surface area contributed by atoms with Crippen LogP contribution < -0.4 is 10.6 Å². The number of aromatic hydroxyl groups is 2. The van der Waals surface area contributed by atoms with Crippen molar-refractivity contribution in [3.8, 4) is 11.5 Å². The number of phenolic OH excluding ortho intramolecular Hbond substituents is 2. The normalized spacial score (nSPS) is 14.6. The summed E-state index contributed by atoms with van der Waals surface area (Å²) in [5.41, 5.74) is 5.57. The van der Waals surface area contributed by atoms with Gasteiger partial charge in [-0.25, -0.2) is 0 Å². The molecule has 0 radical (unpaired) electrons. The molecule has 2 heterocycles. The van der Waals surface area contributed by atoms with E-state index >= 15 is 0 Å². The first-order valence-corrected chi connectivity index (χ1v) is 20.2. The summed E-state index contributed by atoms with van der Waals surface area (Å²) in [5.74, 6) is -0.354. The van der Waals surface area contributed by atoms with E-state index in [-0.39, 0.29) is 96.7 Å². The monoisotopic (exact) mass is 857 g/mol. The van der Waals surface area contributed by atoms with E-state index in [1.165, 1.54) is 29.3 Å². The van der Waals surface area contributed by atoms with Crippen LogP contribution in [0.2, 0.25) is 0 Å². The molecule has 0 spiro atoms. The summed E-state index contributed by atoms with van der Waals surface area (Å²) < 4.78 is 11.3. The number of hydrogen-bond acceptors (Lipinski definition) is 8. The molecule has 2 atom stereocenters. The van der Waals surface area contributed by atoms with E-state index < -0.39 is 0 Å². The topological polar surface area (TPSA) is 158 Å². The number of phenols is 2. The molecular formula is C50H72N4O8. The summed E-state index contributed by atoms with van der Waals surface area (Å²) in [7, 11) is 0. The van der Waals surface area contributed by atoms with Crippen molar-refractivity contribution in [3.63, 3.8) is 0 Å². The van der Waals surface area contributed by atoms with Gasteiger partial charge in [0.05, 0.1) is 25.3 Å². The Hall–Kier alpha value is -5.72. The van der Waals surface area contributed by atoms with Gasteiger partial charge >= 0.3 is 0 Å². The van der Waals surface area contributed by atoms with Crippen molar-refractivity contribution in [2.45, 2.75) is 107 Å². The Morgan fingerprint density at radius 1 is 0.565 bits per heavy atom. The molecule has 340 valence electrons. The third-order valence-corrected chi connectivity index (χ3v) is 10.2. The van der Waals surface area contributed by atoms with Gasteiger partial charge in [0.25, 0.3) is 11.8 Å². The summed E-state index contributed by atoms with van der Waals surface area (Å²) in [4.78, 5) is 53.6. The van der Waals surface area contributed by atoms with E-state index in [4.69, 9.17) is 9.47 Å². The third kappa shape index (κ3) is 16.0. The van der Waals surface area contributed by atoms with Crippen molar-refractivity contribution in [1.82, 2.24) is 20.4 Å². The van der Waals surface area contributed by atoms with E-state index in [0.717, 1.165) is 36.8 Å². The molecule has 2 aliphatic heterocycles. The van der Waals surface area contributed by atoms with Gasteiger partial charge in [-0.05, 0) is 90.4 Å². The summed E-state index contributed by atoms with van der Waals surface area (Å²) in [6.45, 7) is 6.95. The second kappa shape index (κ2) is 28.0. The van der Waals surface area contributed by atoms with Crippen LogP contribution in [0.4, 0.5) is 0 Å². The summed E-state index contributed by atoms with van der Waals surface area (Å²) >= 11 is 0. The SMILES string of the molecule is C.C.C.C.CCCCNC(=O)COCC1Cc2ccccc2CN1C(=O)c1ccc(O)cc1.CCCCNC(=O)COCC1Cc2ccccc2CN1C(=O)c1cccc(O)c1. The molecule has 0 aliphatic carbocycles. The number of carbonyl (C=O) groups is 4. The number of rotatable bonds is 16. The lowest BCUT2D eigenvalue weighted by Gasteiger charge is -2.37. The maximum atomic E-state index is 13.1. The zero-order valence-electron chi connectivity index (χ0n) is 33.5. The van der Waals surface area contributed by atoms with Crippen LogP contribution in [-0.2, 0) is 45.0 Å². The van der Waals surface area contributed by atoms with Crippen molar-refractivity contribution in [2.75, 3.05) is 39.5 Å². The Morgan fingerprint density at radius 3 is 1.44 bits per heavy atom. The van der Waals surface area contributed by atoms with E-state index in [0.29, 0.717) is 56.8 Å². The maximum absolute atomic E-state index is 13.1. The number of nitrogens with one attached hydrogen (secondary N) is 2. The van der Waals surface area contributed by atoms with Gasteiger partial charge in [0, 0.05) is 37.3 Å². The van der Waals surface area contributed by atoms with Crippen molar-refractivity contribution < 1.29 is 38.9 Å². The van der Waals surface area contributed by atoms with Crippen molar-refractivity contribution >= 4 is 23.6 Å². The zero-order chi connectivity index (χ0) is 41.3. The molecule has 6 rings (SSSR count). The number of fused-ring (bicyclic) bond motifs is 2. The molecule has 12 nitrogen and oxygen atoms in total. The average Bonchev–Trinajstić information content (AvgIpc) is 3.23. The molecular weight excluding hydrogens is 785 g/mol. The number of nitrogens with zero attached hydrogens (tertiary/aromatic N) is 2. The van der Waals surface area contributed by atoms with Crippen LogP contribution in [0.5, 0.6) is 11.5 Å². The highest BCUT2D eigenvalue weighted by Crippen LogP contribution is 2.27. The van der Waals surface area contributed by atoms with Gasteiger partial charge in [-0.2, -0.15) is 0 Å². The zero-order valence-corrected chi connectivity index (χ0v) is 33.5. The highest BCUT2D eigenvalue weighted by Gasteiger charge is 2.32. The fourth-order valence-corrected chi connectivity index (χ4v) is 7.01. The predicted molar refractivity (Wildman–Crippen MR) is 248 cm³/mol. The van der Waals surface area contributed by atoms with E-state index in [9.17, 15) is 29.4 Å². The van der Waals surface area contributed by atoms with Crippen LogP contribution in [0.25, 0.3) is 0 Å². The molecule has 4 N–H and O–H groups in total. The number of carbonyl (C=O) groups excluding carboxylic acids is 4. The Morgan fingerprint density at radius 2 is 1.00 bits per heavy atom. The quantitative estimate of drug-likeness (QED) is 0.0820. The molecule has 0 aromatic heterocycles. The van der Waals surface area contributed by atoms with Crippen LogP contribution in [0.3, 0.4) is 0 Å². The molecule has 2 aliphatic rings. The van der Waals surface area contributed by atoms with E-state index in [1.54, 1.807) is 40.1 Å². The Labute approximate surface area is 370 Å². The lowest BCUT2D eigenvalue weighted by atomic mass is 9.93. The Kier molecular flexibility index (Phi) is 24.5. The van der Waals surface area contributed by atoms with Crippen LogP contribution in [0.1, 0.15) is 112 Å². The minimum Gasteiger partial charge on any atom is -0.508 e. The molecule has 4 amide bonds. The van der Waals surface area contributed by atoms with Crippen molar-refractivity contribution in [1.29, 1.82) is 0 Å². The Balaban J connectivity index is 0.000000582. The summed E-state index contributed by atoms with van der Waals surface area (Å²) in [5, 5.41) is 24.9. The van der Waals surface area contributed by atoms with Gasteiger partial charge in [-0.1, -0.05) is 111 Å². The summed E-state index contributed by atoms with van der Waals surface area (Å²) in [6.07, 6.45) is 5.28. The summed E-state index contributed by atoms with van der Waals surface area (Å²) in [6, 6.07) is 28.4. The lowest BCUT2D eigenvalue weighted by molar-refractivity contribution is -0.127. The third-order valence-electron chi connectivity index (χ3n) is 10.2. The first-order chi connectivity index (χ1) is 28.2. The van der Waals surface area contributed by atoms with Gasteiger partial charge in [0.15, 0.2) is 0 Å². The van der Waals surface area contributed by atoms with Crippen molar-refractivity contribution in [3.05, 3.63) is 130 Å². The Bertz CT molecular complexity index is 1970. The maximum Gasteiger partial charge on any atom is 0.254 e. The van der Waals surface area contributed by atoms with E-state index in [1.807, 2.05) is 36.4 Å². The highest BCUT2D eigenvalue weighted by atomic mass is 16.5. The lowest BCUT2D eigenvalue weighted by Crippen LogP contribution is -2.47. The molecule has 0 bridgehead atoms. The molecule has 0 saturated carbocycles. The van der Waals surface area contributed by atoms with E-state index in [2.05, 4.69) is 36.6 Å². The molecule has 0 saturated heterocycles. The fourth-order valence-electron chi connectivity index (χ4n) is 7.01. The molecule has 0 fully saturated rings. The number of benzene rings is 4. The molecule has 12 heteroatoms. The second-order valence-corrected chi connectivity index (χ2v) is 14.7. The van der Waals surface area contributed by atoms with Crippen LogP contribution in [0, 0.1) is 0 Å². The van der Waals surface area contributed by atoms with Gasteiger partial charge in [-0.3, -0.25) is 19.2 Å². The first kappa shape index (κ1) is 54.3. The predicted octanol–water partition coefficient (Wildman–Crippen LogP) is 8.33. The van der Waals surface area contributed by atoms with Gasteiger partial charge in [0.2, 0.25) is 11.8 Å². The smallest absolute Gasteiger partial charge is 0.254 e. The number of hydrogen-bond donors (Lipinski definition) is 4. The minimum absolute atomic E-state index is 0. The fraction of sp³-hybridized carbons (Fsp3) is 0.440. The number of unbranched alkanes of at least 4 members (excludes halogenated alkanes) is 2. The van der Waals surface area contributed by atoms with Gasteiger partial charge in [-0.15, -0.1) is 0 Å². The van der Waals surface area contributed by atoms with Gasteiger partial charge in [0.1, 0.15) is 24.7 Å². The molecule has 62 heavy (non-hydrogen) atoms. The largest absolute Gasteiger partial charge is 0.508 e.